The van der Waals surface area contributed by atoms with Gasteiger partial charge in [-0.1, -0.05) is 25.5 Å². The van der Waals surface area contributed by atoms with Crippen LogP contribution in [-0.2, 0) is 16.4 Å². The lowest BCUT2D eigenvalue weighted by Crippen LogP contribution is -2.22. The van der Waals surface area contributed by atoms with Crippen molar-refractivity contribution in [1.82, 2.24) is 0 Å². The van der Waals surface area contributed by atoms with E-state index in [1.165, 1.54) is 5.56 Å². The quantitative estimate of drug-likeness (QED) is 0.782. The van der Waals surface area contributed by atoms with Crippen LogP contribution in [0.25, 0.3) is 0 Å². The number of hydrogen-bond donors (Lipinski definition) is 2. The van der Waals surface area contributed by atoms with Crippen LogP contribution in [0.5, 0.6) is 0 Å². The van der Waals surface area contributed by atoms with Crippen molar-refractivity contribution >= 4 is 27.3 Å². The van der Waals surface area contributed by atoms with Crippen LogP contribution in [0.15, 0.2) is 48.5 Å². The standard InChI is InChI=1S/C19H24N2O3S/c1-4-5-15-6-10-17(11-7-15)20-19(22)16-8-12-18(13-9-16)21-25(23,24)14(2)3/h6-14,21H,4-5H2,1-3H3,(H,20,22). The number of rotatable bonds is 7. The van der Waals surface area contributed by atoms with Gasteiger partial charge in [-0.05, 0) is 62.2 Å². The van der Waals surface area contributed by atoms with E-state index >= 15 is 0 Å². The van der Waals surface area contributed by atoms with Crippen molar-refractivity contribution in [3.8, 4) is 0 Å². The largest absolute Gasteiger partial charge is 0.322 e. The van der Waals surface area contributed by atoms with Gasteiger partial charge in [0.2, 0.25) is 10.0 Å². The van der Waals surface area contributed by atoms with E-state index in [1.807, 2.05) is 24.3 Å². The highest BCUT2D eigenvalue weighted by molar-refractivity contribution is 7.93. The number of sulfonamides is 1. The highest BCUT2D eigenvalue weighted by atomic mass is 32.2. The zero-order chi connectivity index (χ0) is 18.4. The zero-order valence-corrected chi connectivity index (χ0v) is 15.6. The molecule has 0 bridgehead atoms. The highest BCUT2D eigenvalue weighted by Gasteiger charge is 2.15. The number of anilines is 2. The molecule has 0 spiro atoms. The Hall–Kier alpha value is -2.34. The third-order valence-electron chi connectivity index (χ3n) is 3.78. The van der Waals surface area contributed by atoms with Gasteiger partial charge in [0, 0.05) is 16.9 Å². The number of nitrogens with one attached hydrogen (secondary N) is 2. The lowest BCUT2D eigenvalue weighted by Gasteiger charge is -2.11. The maximum atomic E-state index is 12.3. The molecule has 0 aliphatic rings. The number of amides is 1. The normalized spacial score (nSPS) is 11.4. The molecule has 2 N–H and O–H groups in total. The molecule has 0 aliphatic heterocycles. The second-order valence-electron chi connectivity index (χ2n) is 6.17. The van der Waals surface area contributed by atoms with Crippen LogP contribution in [0, 0.1) is 0 Å². The molecular formula is C19H24N2O3S. The molecule has 25 heavy (non-hydrogen) atoms. The summed E-state index contributed by atoms with van der Waals surface area (Å²) >= 11 is 0. The lowest BCUT2D eigenvalue weighted by atomic mass is 10.1. The van der Waals surface area contributed by atoms with E-state index in [4.69, 9.17) is 0 Å². The van der Waals surface area contributed by atoms with Crippen LogP contribution < -0.4 is 10.0 Å². The third kappa shape index (κ3) is 5.32. The van der Waals surface area contributed by atoms with Crippen LogP contribution >= 0.6 is 0 Å². The minimum Gasteiger partial charge on any atom is -0.322 e. The molecule has 1 amide bonds. The average molecular weight is 360 g/mol. The number of aryl methyl sites for hydroxylation is 1. The van der Waals surface area contributed by atoms with Crippen LogP contribution in [-0.4, -0.2) is 19.6 Å². The van der Waals surface area contributed by atoms with Gasteiger partial charge in [0.1, 0.15) is 0 Å². The maximum absolute atomic E-state index is 12.3. The molecule has 0 atom stereocenters. The first-order valence-electron chi connectivity index (χ1n) is 8.34. The predicted molar refractivity (Wildman–Crippen MR) is 103 cm³/mol. The molecule has 5 nitrogen and oxygen atoms in total. The number of benzene rings is 2. The van der Waals surface area contributed by atoms with Crippen LogP contribution in [0.1, 0.15) is 43.1 Å². The second kappa shape index (κ2) is 8.16. The summed E-state index contributed by atoms with van der Waals surface area (Å²) in [6.07, 6.45) is 2.10. The molecule has 0 saturated heterocycles. The third-order valence-corrected chi connectivity index (χ3v) is 5.54. The van der Waals surface area contributed by atoms with Crippen molar-refractivity contribution in [2.24, 2.45) is 0 Å². The summed E-state index contributed by atoms with van der Waals surface area (Å²) in [6.45, 7) is 5.34. The molecule has 0 aliphatic carbocycles. The fraction of sp³-hybridized carbons (Fsp3) is 0.316. The molecule has 0 unspecified atom stereocenters. The first-order chi connectivity index (χ1) is 11.8. The van der Waals surface area contributed by atoms with E-state index in [0.717, 1.165) is 18.5 Å². The Morgan fingerprint density at radius 3 is 2.04 bits per heavy atom. The molecule has 0 radical (unpaired) electrons. The van der Waals surface area contributed by atoms with Crippen molar-refractivity contribution in [2.75, 3.05) is 10.0 Å². The fourth-order valence-corrected chi connectivity index (χ4v) is 2.92. The van der Waals surface area contributed by atoms with Crippen molar-refractivity contribution in [3.63, 3.8) is 0 Å². The summed E-state index contributed by atoms with van der Waals surface area (Å²) in [6, 6.07) is 14.1. The zero-order valence-electron chi connectivity index (χ0n) is 14.7. The Bertz CT molecular complexity index is 811. The first kappa shape index (κ1) is 19.0. The molecule has 0 saturated carbocycles. The van der Waals surface area contributed by atoms with Crippen molar-refractivity contribution in [2.45, 2.75) is 38.9 Å². The maximum Gasteiger partial charge on any atom is 0.255 e. The summed E-state index contributed by atoms with van der Waals surface area (Å²) in [5.74, 6) is -0.235. The van der Waals surface area contributed by atoms with E-state index in [2.05, 4.69) is 17.0 Å². The number of carbonyl (C=O) groups excluding carboxylic acids is 1. The first-order valence-corrected chi connectivity index (χ1v) is 9.88. The predicted octanol–water partition coefficient (Wildman–Crippen LogP) is 4.04. The number of hydrogen-bond acceptors (Lipinski definition) is 3. The molecule has 2 aromatic carbocycles. The van der Waals surface area contributed by atoms with Crippen molar-refractivity contribution in [1.29, 1.82) is 0 Å². The van der Waals surface area contributed by atoms with E-state index in [-0.39, 0.29) is 5.91 Å². The van der Waals surface area contributed by atoms with Gasteiger partial charge in [-0.3, -0.25) is 9.52 Å². The summed E-state index contributed by atoms with van der Waals surface area (Å²) < 4.78 is 26.2. The molecule has 0 heterocycles. The summed E-state index contributed by atoms with van der Waals surface area (Å²) in [7, 11) is -3.39. The van der Waals surface area contributed by atoms with E-state index < -0.39 is 15.3 Å². The van der Waals surface area contributed by atoms with Gasteiger partial charge >= 0.3 is 0 Å². The average Bonchev–Trinajstić information content (AvgIpc) is 2.57. The van der Waals surface area contributed by atoms with Gasteiger partial charge in [-0.2, -0.15) is 0 Å². The Morgan fingerprint density at radius 1 is 0.960 bits per heavy atom. The Morgan fingerprint density at radius 2 is 1.52 bits per heavy atom. The topological polar surface area (TPSA) is 75.3 Å². The fourth-order valence-electron chi connectivity index (χ4n) is 2.22. The van der Waals surface area contributed by atoms with Gasteiger partial charge in [0.25, 0.3) is 5.91 Å². The van der Waals surface area contributed by atoms with Crippen molar-refractivity contribution < 1.29 is 13.2 Å². The van der Waals surface area contributed by atoms with Gasteiger partial charge in [-0.25, -0.2) is 8.42 Å². The molecule has 2 aromatic rings. The second-order valence-corrected chi connectivity index (χ2v) is 8.41. The summed E-state index contributed by atoms with van der Waals surface area (Å²) in [5.41, 5.74) is 2.87. The SMILES string of the molecule is CCCc1ccc(NC(=O)c2ccc(NS(=O)(=O)C(C)C)cc2)cc1. The molecule has 0 aromatic heterocycles. The van der Waals surface area contributed by atoms with Gasteiger partial charge in [0.15, 0.2) is 0 Å². The van der Waals surface area contributed by atoms with E-state index in [9.17, 15) is 13.2 Å². The monoisotopic (exact) mass is 360 g/mol. The number of carbonyl (C=O) groups is 1. The molecule has 6 heteroatoms. The van der Waals surface area contributed by atoms with Crippen LogP contribution in [0.3, 0.4) is 0 Å². The van der Waals surface area contributed by atoms with Gasteiger partial charge in [-0.15, -0.1) is 0 Å². The highest BCUT2D eigenvalue weighted by Crippen LogP contribution is 2.16. The minimum absolute atomic E-state index is 0.235. The molecule has 2 rings (SSSR count). The van der Waals surface area contributed by atoms with Gasteiger partial charge < -0.3 is 5.32 Å². The Labute approximate surface area is 149 Å². The summed E-state index contributed by atoms with van der Waals surface area (Å²) in [5, 5.41) is 2.31. The Balaban J connectivity index is 2.02. The van der Waals surface area contributed by atoms with E-state index in [1.54, 1.807) is 38.1 Å². The summed E-state index contributed by atoms with van der Waals surface area (Å²) in [4.78, 5) is 12.3. The van der Waals surface area contributed by atoms with E-state index in [0.29, 0.717) is 11.3 Å². The lowest BCUT2D eigenvalue weighted by molar-refractivity contribution is 0.102. The minimum atomic E-state index is -3.39. The Kier molecular flexibility index (Phi) is 6.20. The van der Waals surface area contributed by atoms with Crippen LogP contribution in [0.4, 0.5) is 11.4 Å². The van der Waals surface area contributed by atoms with Gasteiger partial charge in [0.05, 0.1) is 5.25 Å². The van der Waals surface area contributed by atoms with Crippen molar-refractivity contribution in [3.05, 3.63) is 59.7 Å². The molecule has 0 fully saturated rings. The molecular weight excluding hydrogens is 336 g/mol. The smallest absolute Gasteiger partial charge is 0.255 e. The van der Waals surface area contributed by atoms with Crippen LogP contribution in [0.2, 0.25) is 0 Å². The molecule has 134 valence electrons.